The van der Waals surface area contributed by atoms with Crippen molar-refractivity contribution in [2.24, 2.45) is 0 Å². The number of para-hydroxylation sites is 1. The number of pyridine rings is 1. The van der Waals surface area contributed by atoms with E-state index in [4.69, 9.17) is 0 Å². The van der Waals surface area contributed by atoms with Gasteiger partial charge in [0.2, 0.25) is 10.0 Å². The van der Waals surface area contributed by atoms with Crippen LogP contribution in [0.15, 0.2) is 59.9 Å². The van der Waals surface area contributed by atoms with Crippen molar-refractivity contribution in [1.82, 2.24) is 29.0 Å². The van der Waals surface area contributed by atoms with Crippen molar-refractivity contribution < 1.29 is 17.6 Å². The lowest BCUT2D eigenvalue weighted by Gasteiger charge is -2.33. The van der Waals surface area contributed by atoms with Crippen molar-refractivity contribution in [3.05, 3.63) is 72.1 Å². The van der Waals surface area contributed by atoms with Crippen LogP contribution in [0.1, 0.15) is 16.1 Å². The molecule has 1 fully saturated rings. The van der Waals surface area contributed by atoms with Gasteiger partial charge in [0.25, 0.3) is 5.91 Å². The molecular weight excluding hydrogens is 447 g/mol. The van der Waals surface area contributed by atoms with E-state index in [0.29, 0.717) is 22.3 Å². The summed E-state index contributed by atoms with van der Waals surface area (Å²) in [5.74, 6) is -0.697. The summed E-state index contributed by atoms with van der Waals surface area (Å²) in [7, 11) is -3.74. The molecular formula is C22H21FN6O3S. The topological polar surface area (TPSA) is 104 Å². The van der Waals surface area contributed by atoms with Gasteiger partial charge in [0.1, 0.15) is 22.0 Å². The SMILES string of the molecule is Cc1c(C(=O)N2CCN(S(=O)(=O)c3c[nH]c4ncccc34)CC2)cnn1-c1ccccc1F. The summed E-state index contributed by atoms with van der Waals surface area (Å²) in [6.07, 6.45) is 4.47. The van der Waals surface area contributed by atoms with Crippen molar-refractivity contribution >= 4 is 27.0 Å². The van der Waals surface area contributed by atoms with Crippen LogP contribution < -0.4 is 0 Å². The molecule has 0 aliphatic carbocycles. The Hall–Kier alpha value is -3.57. The highest BCUT2D eigenvalue weighted by Gasteiger charge is 2.33. The minimum absolute atomic E-state index is 0.168. The van der Waals surface area contributed by atoms with E-state index < -0.39 is 15.8 Å². The second-order valence-electron chi connectivity index (χ2n) is 7.76. The number of aromatic amines is 1. The van der Waals surface area contributed by atoms with Gasteiger partial charge in [0, 0.05) is 44.0 Å². The van der Waals surface area contributed by atoms with Gasteiger partial charge in [-0.25, -0.2) is 22.5 Å². The van der Waals surface area contributed by atoms with E-state index in [0.717, 1.165) is 0 Å². The zero-order chi connectivity index (χ0) is 23.2. The first kappa shape index (κ1) is 21.3. The highest BCUT2D eigenvalue weighted by Crippen LogP contribution is 2.26. The second-order valence-corrected chi connectivity index (χ2v) is 9.66. The fraction of sp³-hybridized carbons (Fsp3) is 0.227. The van der Waals surface area contributed by atoms with E-state index in [1.54, 1.807) is 48.4 Å². The number of sulfonamides is 1. The van der Waals surface area contributed by atoms with Crippen LogP contribution >= 0.6 is 0 Å². The van der Waals surface area contributed by atoms with Gasteiger partial charge in [-0.05, 0) is 31.2 Å². The van der Waals surface area contributed by atoms with Crippen LogP contribution in [0.3, 0.4) is 0 Å². The molecule has 9 nitrogen and oxygen atoms in total. The van der Waals surface area contributed by atoms with E-state index in [2.05, 4.69) is 15.1 Å². The Kier molecular flexibility index (Phi) is 5.22. The van der Waals surface area contributed by atoms with E-state index >= 15 is 0 Å². The number of rotatable bonds is 4. The average molecular weight is 469 g/mol. The number of hydrogen-bond donors (Lipinski definition) is 1. The molecule has 0 saturated carbocycles. The van der Waals surface area contributed by atoms with Crippen LogP contribution in [0, 0.1) is 12.7 Å². The Morgan fingerprint density at radius 3 is 2.61 bits per heavy atom. The highest BCUT2D eigenvalue weighted by molar-refractivity contribution is 7.89. The molecule has 0 radical (unpaired) electrons. The third-order valence-corrected chi connectivity index (χ3v) is 7.82. The molecule has 1 aliphatic rings. The Bertz CT molecular complexity index is 1450. The second kappa shape index (κ2) is 8.09. The Morgan fingerprint density at radius 1 is 1.09 bits per heavy atom. The molecule has 4 aromatic rings. The van der Waals surface area contributed by atoms with Gasteiger partial charge in [-0.3, -0.25) is 4.79 Å². The molecule has 11 heteroatoms. The van der Waals surface area contributed by atoms with Gasteiger partial charge >= 0.3 is 0 Å². The summed E-state index contributed by atoms with van der Waals surface area (Å²) in [5.41, 5.74) is 1.65. The number of amides is 1. The third kappa shape index (κ3) is 3.58. The number of hydrogen-bond acceptors (Lipinski definition) is 5. The largest absolute Gasteiger partial charge is 0.345 e. The van der Waals surface area contributed by atoms with E-state index in [1.807, 2.05) is 0 Å². The average Bonchev–Trinajstić information content (AvgIpc) is 3.43. The van der Waals surface area contributed by atoms with Crippen LogP contribution in [0.5, 0.6) is 0 Å². The molecule has 0 spiro atoms. The molecule has 0 unspecified atom stereocenters. The number of benzene rings is 1. The summed E-state index contributed by atoms with van der Waals surface area (Å²) in [5, 5.41) is 4.73. The maximum absolute atomic E-state index is 14.2. The quantitative estimate of drug-likeness (QED) is 0.495. The number of carbonyl (C=O) groups is 1. The number of H-pyrrole nitrogens is 1. The van der Waals surface area contributed by atoms with Crippen molar-refractivity contribution in [2.45, 2.75) is 11.8 Å². The zero-order valence-electron chi connectivity index (χ0n) is 17.8. The Balaban J connectivity index is 1.33. The van der Waals surface area contributed by atoms with Gasteiger partial charge in [-0.15, -0.1) is 0 Å². The zero-order valence-corrected chi connectivity index (χ0v) is 18.6. The summed E-state index contributed by atoms with van der Waals surface area (Å²) >= 11 is 0. The van der Waals surface area contributed by atoms with Gasteiger partial charge in [-0.1, -0.05) is 12.1 Å². The fourth-order valence-corrected chi connectivity index (χ4v) is 5.64. The summed E-state index contributed by atoms with van der Waals surface area (Å²) < 4.78 is 43.3. The summed E-state index contributed by atoms with van der Waals surface area (Å²) in [6.45, 7) is 2.52. The number of aromatic nitrogens is 4. The number of nitrogens with zero attached hydrogens (tertiary/aromatic N) is 5. The van der Waals surface area contributed by atoms with Crippen LogP contribution in [0.2, 0.25) is 0 Å². The van der Waals surface area contributed by atoms with Gasteiger partial charge < -0.3 is 9.88 Å². The molecule has 1 amide bonds. The first-order chi connectivity index (χ1) is 15.9. The van der Waals surface area contributed by atoms with E-state index in [-0.39, 0.29) is 42.7 Å². The van der Waals surface area contributed by atoms with Crippen molar-refractivity contribution in [2.75, 3.05) is 26.2 Å². The Morgan fingerprint density at radius 2 is 1.85 bits per heavy atom. The molecule has 4 heterocycles. The molecule has 3 aromatic heterocycles. The van der Waals surface area contributed by atoms with E-state index in [1.165, 1.54) is 27.4 Å². The van der Waals surface area contributed by atoms with Gasteiger partial charge in [-0.2, -0.15) is 9.40 Å². The molecule has 0 atom stereocenters. The van der Waals surface area contributed by atoms with E-state index in [9.17, 15) is 17.6 Å². The van der Waals surface area contributed by atoms with Crippen LogP contribution in [0.4, 0.5) is 4.39 Å². The summed E-state index contributed by atoms with van der Waals surface area (Å²) in [6, 6.07) is 9.61. The van der Waals surface area contributed by atoms with Gasteiger partial charge in [0.05, 0.1) is 17.5 Å². The lowest BCUT2D eigenvalue weighted by Crippen LogP contribution is -2.50. The normalized spacial score (nSPS) is 15.3. The predicted molar refractivity (Wildman–Crippen MR) is 119 cm³/mol. The molecule has 33 heavy (non-hydrogen) atoms. The summed E-state index contributed by atoms with van der Waals surface area (Å²) in [4.78, 5) is 21.9. The Labute approximate surface area is 189 Å². The van der Waals surface area contributed by atoms with Crippen molar-refractivity contribution in [3.63, 3.8) is 0 Å². The minimum Gasteiger partial charge on any atom is -0.345 e. The number of piperazine rings is 1. The molecule has 1 aromatic carbocycles. The first-order valence-corrected chi connectivity index (χ1v) is 11.8. The van der Waals surface area contributed by atoms with Crippen LogP contribution in [0.25, 0.3) is 16.7 Å². The lowest BCUT2D eigenvalue weighted by molar-refractivity contribution is 0.0697. The van der Waals surface area contributed by atoms with Gasteiger partial charge in [0.15, 0.2) is 0 Å². The maximum Gasteiger partial charge on any atom is 0.257 e. The number of fused-ring (bicyclic) bond motifs is 1. The molecule has 1 N–H and O–H groups in total. The van der Waals surface area contributed by atoms with Crippen molar-refractivity contribution in [1.29, 1.82) is 0 Å². The molecule has 1 aliphatic heterocycles. The molecule has 5 rings (SSSR count). The first-order valence-electron chi connectivity index (χ1n) is 10.4. The monoisotopic (exact) mass is 468 g/mol. The predicted octanol–water partition coefficient (Wildman–Crippen LogP) is 2.34. The number of nitrogens with one attached hydrogen (secondary N) is 1. The standard InChI is InChI=1S/C22H21FN6O3S/c1-15-17(13-26-29(15)19-7-3-2-6-18(19)23)22(30)27-9-11-28(12-10-27)33(31,32)20-14-25-21-16(20)5-4-8-24-21/h2-8,13-14H,9-12H2,1H3,(H,24,25). The maximum atomic E-state index is 14.2. The third-order valence-electron chi connectivity index (χ3n) is 5.88. The highest BCUT2D eigenvalue weighted by atomic mass is 32.2. The molecule has 0 bridgehead atoms. The lowest BCUT2D eigenvalue weighted by atomic mass is 10.2. The smallest absolute Gasteiger partial charge is 0.257 e. The minimum atomic E-state index is -3.74. The van der Waals surface area contributed by atoms with Crippen LogP contribution in [-0.4, -0.2) is 69.5 Å². The number of carbonyl (C=O) groups excluding carboxylic acids is 1. The number of halogens is 1. The fourth-order valence-electron chi connectivity index (χ4n) is 4.07. The van der Waals surface area contributed by atoms with Crippen molar-refractivity contribution in [3.8, 4) is 5.69 Å². The van der Waals surface area contributed by atoms with Crippen LogP contribution in [-0.2, 0) is 10.0 Å². The molecule has 1 saturated heterocycles. The molecule has 170 valence electrons.